The van der Waals surface area contributed by atoms with Crippen LogP contribution in [0.25, 0.3) is 10.8 Å². The van der Waals surface area contributed by atoms with Crippen LogP contribution in [0.4, 0.5) is 5.69 Å². The lowest BCUT2D eigenvalue weighted by Crippen LogP contribution is -2.09. The molecule has 102 valence electrons. The van der Waals surface area contributed by atoms with Crippen molar-refractivity contribution in [1.29, 1.82) is 0 Å². The van der Waals surface area contributed by atoms with Crippen molar-refractivity contribution in [2.45, 2.75) is 11.8 Å². The van der Waals surface area contributed by atoms with Gasteiger partial charge in [-0.15, -0.1) is 0 Å². The molecule has 0 aliphatic rings. The number of rotatable bonds is 4. The maximum Gasteiger partial charge on any atom is 0.294 e. The van der Waals surface area contributed by atoms with Crippen molar-refractivity contribution in [3.63, 3.8) is 0 Å². The number of hydrogen-bond acceptors (Lipinski definition) is 5. The molecule has 6 nitrogen and oxygen atoms in total. The average Bonchev–Trinajstić information content (AvgIpc) is 2.37. The summed E-state index contributed by atoms with van der Waals surface area (Å²) in [7, 11) is -4.25. The van der Waals surface area contributed by atoms with Gasteiger partial charge in [0.05, 0.1) is 17.2 Å². The lowest BCUT2D eigenvalue weighted by Gasteiger charge is -2.13. The van der Waals surface area contributed by atoms with E-state index >= 15 is 0 Å². The SMILES string of the molecule is CCOc1ccc2ccc(S(=O)(=O)O)cc2c1NN. The van der Waals surface area contributed by atoms with Crippen molar-refractivity contribution >= 4 is 26.6 Å². The number of nitrogens with two attached hydrogens (primary N) is 1. The number of benzene rings is 2. The van der Waals surface area contributed by atoms with Crippen molar-refractivity contribution < 1.29 is 17.7 Å². The molecule has 0 aliphatic carbocycles. The monoisotopic (exact) mass is 282 g/mol. The second kappa shape index (κ2) is 5.04. The van der Waals surface area contributed by atoms with E-state index in [1.54, 1.807) is 18.2 Å². The van der Waals surface area contributed by atoms with Crippen LogP contribution >= 0.6 is 0 Å². The normalized spacial score (nSPS) is 11.5. The molecule has 2 aromatic carbocycles. The molecular weight excluding hydrogens is 268 g/mol. The van der Waals surface area contributed by atoms with Crippen molar-refractivity contribution in [3.05, 3.63) is 30.3 Å². The summed E-state index contributed by atoms with van der Waals surface area (Å²) in [6, 6.07) is 7.80. The first-order valence-electron chi connectivity index (χ1n) is 5.61. The summed E-state index contributed by atoms with van der Waals surface area (Å²) in [6.07, 6.45) is 0. The van der Waals surface area contributed by atoms with Gasteiger partial charge in [0.15, 0.2) is 0 Å². The van der Waals surface area contributed by atoms with E-state index in [1.807, 2.05) is 6.92 Å². The summed E-state index contributed by atoms with van der Waals surface area (Å²) in [5, 5.41) is 1.34. The van der Waals surface area contributed by atoms with Gasteiger partial charge in [0.1, 0.15) is 5.75 Å². The van der Waals surface area contributed by atoms with Gasteiger partial charge in [-0.05, 0) is 30.5 Å². The van der Waals surface area contributed by atoms with Crippen molar-refractivity contribution in [1.82, 2.24) is 0 Å². The first-order chi connectivity index (χ1) is 8.97. The minimum Gasteiger partial charge on any atom is -0.492 e. The molecule has 0 amide bonds. The first-order valence-corrected chi connectivity index (χ1v) is 7.05. The summed E-state index contributed by atoms with van der Waals surface area (Å²) in [6.45, 7) is 2.29. The van der Waals surface area contributed by atoms with Crippen molar-refractivity contribution in [2.24, 2.45) is 5.84 Å². The summed E-state index contributed by atoms with van der Waals surface area (Å²) >= 11 is 0. The Morgan fingerprint density at radius 1 is 1.32 bits per heavy atom. The van der Waals surface area contributed by atoms with Gasteiger partial charge in [0.25, 0.3) is 10.1 Å². The molecule has 2 aromatic rings. The standard InChI is InChI=1S/C12H14N2O4S/c1-2-18-11-6-4-8-3-5-9(19(15,16)17)7-10(8)12(11)14-13/h3-7,14H,2,13H2,1H3,(H,15,16,17). The van der Waals surface area contributed by atoms with Crippen LogP contribution in [0.3, 0.4) is 0 Å². The largest absolute Gasteiger partial charge is 0.492 e. The highest BCUT2D eigenvalue weighted by Gasteiger charge is 2.13. The Morgan fingerprint density at radius 2 is 2.00 bits per heavy atom. The molecule has 0 bridgehead atoms. The Balaban J connectivity index is 2.74. The van der Waals surface area contributed by atoms with Crippen LogP contribution in [-0.4, -0.2) is 19.6 Å². The zero-order valence-electron chi connectivity index (χ0n) is 10.3. The topological polar surface area (TPSA) is 102 Å². The Kier molecular flexibility index (Phi) is 3.61. The lowest BCUT2D eigenvalue weighted by atomic mass is 10.1. The van der Waals surface area contributed by atoms with Crippen LogP contribution in [0.15, 0.2) is 35.2 Å². The van der Waals surface area contributed by atoms with Crippen LogP contribution in [0, 0.1) is 0 Å². The van der Waals surface area contributed by atoms with E-state index in [2.05, 4.69) is 5.43 Å². The van der Waals surface area contributed by atoms with Gasteiger partial charge in [-0.2, -0.15) is 8.42 Å². The molecule has 0 spiro atoms. The van der Waals surface area contributed by atoms with Crippen LogP contribution in [0.2, 0.25) is 0 Å². The Morgan fingerprint density at radius 3 is 2.58 bits per heavy atom. The Hall–Kier alpha value is -1.83. The third kappa shape index (κ3) is 2.62. The average molecular weight is 282 g/mol. The molecule has 19 heavy (non-hydrogen) atoms. The fraction of sp³-hybridized carbons (Fsp3) is 0.167. The summed E-state index contributed by atoms with van der Waals surface area (Å²) in [5.74, 6) is 5.98. The van der Waals surface area contributed by atoms with Crippen molar-refractivity contribution in [2.75, 3.05) is 12.0 Å². The molecule has 0 atom stereocenters. The number of hydrazine groups is 1. The van der Waals surface area contributed by atoms with E-state index < -0.39 is 10.1 Å². The van der Waals surface area contributed by atoms with E-state index in [9.17, 15) is 8.42 Å². The van der Waals surface area contributed by atoms with Crippen molar-refractivity contribution in [3.8, 4) is 5.75 Å². The van der Waals surface area contributed by atoms with E-state index in [4.69, 9.17) is 15.1 Å². The predicted octanol–water partition coefficient (Wildman–Crippen LogP) is 1.77. The highest BCUT2D eigenvalue weighted by Crippen LogP contribution is 2.34. The highest BCUT2D eigenvalue weighted by atomic mass is 32.2. The molecule has 0 aromatic heterocycles. The summed E-state index contributed by atoms with van der Waals surface area (Å²) in [5.41, 5.74) is 2.98. The molecule has 4 N–H and O–H groups in total. The quantitative estimate of drug-likeness (QED) is 0.449. The second-order valence-corrected chi connectivity index (χ2v) is 5.30. The molecule has 0 saturated heterocycles. The van der Waals surface area contributed by atoms with Gasteiger partial charge < -0.3 is 10.2 Å². The zero-order chi connectivity index (χ0) is 14.0. The minimum atomic E-state index is -4.25. The van der Waals surface area contributed by atoms with Crippen LogP contribution in [0.1, 0.15) is 6.92 Å². The van der Waals surface area contributed by atoms with Gasteiger partial charge in [-0.1, -0.05) is 12.1 Å². The molecule has 0 heterocycles. The Labute approximate surface area is 110 Å². The fourth-order valence-corrected chi connectivity index (χ4v) is 2.37. The maximum atomic E-state index is 11.2. The van der Waals surface area contributed by atoms with Gasteiger partial charge in [0.2, 0.25) is 0 Å². The number of nitrogens with one attached hydrogen (secondary N) is 1. The number of anilines is 1. The summed E-state index contributed by atoms with van der Waals surface area (Å²) < 4.78 is 36.8. The zero-order valence-corrected chi connectivity index (χ0v) is 11.1. The third-order valence-corrected chi connectivity index (χ3v) is 3.55. The van der Waals surface area contributed by atoms with Gasteiger partial charge in [0, 0.05) is 5.39 Å². The van der Waals surface area contributed by atoms with E-state index in [1.165, 1.54) is 12.1 Å². The molecule has 0 saturated carbocycles. The van der Waals surface area contributed by atoms with Gasteiger partial charge in [-0.25, -0.2) is 0 Å². The molecule has 0 unspecified atom stereocenters. The smallest absolute Gasteiger partial charge is 0.294 e. The fourth-order valence-electron chi connectivity index (χ4n) is 1.86. The molecule has 2 rings (SSSR count). The van der Waals surface area contributed by atoms with Crippen LogP contribution < -0.4 is 16.0 Å². The maximum absolute atomic E-state index is 11.2. The van der Waals surface area contributed by atoms with E-state index in [0.29, 0.717) is 23.4 Å². The summed E-state index contributed by atoms with van der Waals surface area (Å²) in [4.78, 5) is -0.190. The van der Waals surface area contributed by atoms with Gasteiger partial charge in [-0.3, -0.25) is 10.4 Å². The van der Waals surface area contributed by atoms with E-state index in [0.717, 1.165) is 5.39 Å². The third-order valence-electron chi connectivity index (χ3n) is 2.70. The molecular formula is C12H14N2O4S. The molecule has 0 radical (unpaired) electrons. The number of ether oxygens (including phenoxy) is 1. The number of fused-ring (bicyclic) bond motifs is 1. The van der Waals surface area contributed by atoms with Gasteiger partial charge >= 0.3 is 0 Å². The minimum absolute atomic E-state index is 0.190. The molecule has 7 heteroatoms. The first kappa shape index (κ1) is 13.6. The Bertz CT molecular complexity index is 713. The molecule has 0 aliphatic heterocycles. The highest BCUT2D eigenvalue weighted by molar-refractivity contribution is 7.85. The predicted molar refractivity (Wildman–Crippen MR) is 72.7 cm³/mol. The van der Waals surface area contributed by atoms with E-state index in [-0.39, 0.29) is 4.90 Å². The number of hydrogen-bond donors (Lipinski definition) is 3. The number of nitrogen functional groups attached to an aromatic ring is 1. The second-order valence-electron chi connectivity index (χ2n) is 3.87. The van der Waals surface area contributed by atoms with Crippen LogP contribution in [0.5, 0.6) is 5.75 Å². The van der Waals surface area contributed by atoms with Crippen LogP contribution in [-0.2, 0) is 10.1 Å². The molecule has 0 fully saturated rings. The lowest BCUT2D eigenvalue weighted by molar-refractivity contribution is 0.342.